The summed E-state index contributed by atoms with van der Waals surface area (Å²) in [4.78, 5) is 11.2. The molecule has 0 spiro atoms. The zero-order chi connectivity index (χ0) is 11.2. The molecule has 1 N–H and O–H groups in total. The summed E-state index contributed by atoms with van der Waals surface area (Å²) in [5.74, 6) is -0.0761. The molecule has 0 heterocycles. The third-order valence-corrected chi connectivity index (χ3v) is 2.02. The second-order valence-corrected chi connectivity index (χ2v) is 4.65. The van der Waals surface area contributed by atoms with Crippen molar-refractivity contribution in [3.05, 3.63) is 0 Å². The molecular weight excluding hydrogens is 178 g/mol. The average Bonchev–Trinajstić information content (AvgIpc) is 2.09. The first-order valence-corrected chi connectivity index (χ1v) is 5.28. The van der Waals surface area contributed by atoms with E-state index in [9.17, 15) is 4.79 Å². The zero-order valence-electron chi connectivity index (χ0n) is 10.0. The van der Waals surface area contributed by atoms with Crippen molar-refractivity contribution in [3.63, 3.8) is 0 Å². The lowest BCUT2D eigenvalue weighted by atomic mass is 10.1. The van der Waals surface area contributed by atoms with Crippen molar-refractivity contribution in [2.75, 3.05) is 13.2 Å². The summed E-state index contributed by atoms with van der Waals surface area (Å²) >= 11 is 0. The molecule has 0 rings (SSSR count). The number of ether oxygens (including phenoxy) is 1. The first-order valence-electron chi connectivity index (χ1n) is 5.28. The minimum atomic E-state index is -0.0943. The molecule has 84 valence electrons. The van der Waals surface area contributed by atoms with Crippen LogP contribution in [0.15, 0.2) is 0 Å². The smallest absolute Gasteiger partial charge is 0.308 e. The van der Waals surface area contributed by atoms with Crippen molar-refractivity contribution in [1.29, 1.82) is 0 Å². The Morgan fingerprint density at radius 2 is 2.00 bits per heavy atom. The van der Waals surface area contributed by atoms with Crippen LogP contribution in [-0.4, -0.2) is 24.7 Å². The van der Waals surface area contributed by atoms with E-state index in [2.05, 4.69) is 26.1 Å². The average molecular weight is 201 g/mol. The van der Waals surface area contributed by atoms with Crippen molar-refractivity contribution in [1.82, 2.24) is 5.32 Å². The maximum absolute atomic E-state index is 11.2. The summed E-state index contributed by atoms with van der Waals surface area (Å²) in [6.07, 6.45) is 0.839. The van der Waals surface area contributed by atoms with Crippen LogP contribution in [0.5, 0.6) is 0 Å². The van der Waals surface area contributed by atoms with Crippen LogP contribution in [0.25, 0.3) is 0 Å². The molecule has 3 nitrogen and oxygen atoms in total. The highest BCUT2D eigenvalue weighted by molar-refractivity contribution is 5.71. The Kier molecular flexibility index (Phi) is 5.77. The molecule has 0 radical (unpaired) electrons. The number of rotatable bonds is 5. The van der Waals surface area contributed by atoms with Gasteiger partial charge in [0.2, 0.25) is 0 Å². The summed E-state index contributed by atoms with van der Waals surface area (Å²) < 4.78 is 5.09. The van der Waals surface area contributed by atoms with Gasteiger partial charge in [0.1, 0.15) is 6.61 Å². The van der Waals surface area contributed by atoms with Gasteiger partial charge in [0.15, 0.2) is 0 Å². The molecule has 0 fully saturated rings. The number of hydrogen-bond donors (Lipinski definition) is 1. The number of esters is 1. The predicted molar refractivity (Wildman–Crippen MR) is 58.2 cm³/mol. The Balaban J connectivity index is 3.51. The molecule has 0 aromatic rings. The second kappa shape index (κ2) is 6.02. The molecule has 3 heteroatoms. The normalized spacial score (nSPS) is 13.8. The monoisotopic (exact) mass is 201 g/mol. The third kappa shape index (κ3) is 6.89. The fraction of sp³-hybridized carbons (Fsp3) is 0.909. The first-order chi connectivity index (χ1) is 6.37. The van der Waals surface area contributed by atoms with E-state index >= 15 is 0 Å². The van der Waals surface area contributed by atoms with E-state index < -0.39 is 0 Å². The second-order valence-electron chi connectivity index (χ2n) is 4.65. The summed E-state index contributed by atoms with van der Waals surface area (Å²) in [6.45, 7) is 11.3. The van der Waals surface area contributed by atoms with Crippen LogP contribution in [0.4, 0.5) is 0 Å². The van der Waals surface area contributed by atoms with Crippen LogP contribution in [0.3, 0.4) is 0 Å². The van der Waals surface area contributed by atoms with Crippen LogP contribution in [-0.2, 0) is 9.53 Å². The van der Waals surface area contributed by atoms with Crippen molar-refractivity contribution in [3.8, 4) is 0 Å². The van der Waals surface area contributed by atoms with Crippen LogP contribution in [0.2, 0.25) is 0 Å². The molecule has 0 amide bonds. The zero-order valence-corrected chi connectivity index (χ0v) is 10.0. The van der Waals surface area contributed by atoms with Gasteiger partial charge in [-0.25, -0.2) is 0 Å². The van der Waals surface area contributed by atoms with E-state index in [0.29, 0.717) is 13.2 Å². The SMILES string of the molecule is CCC(C)C(=O)OCCNC(C)(C)C. The molecule has 0 aliphatic rings. The van der Waals surface area contributed by atoms with Crippen LogP contribution in [0, 0.1) is 5.92 Å². The fourth-order valence-electron chi connectivity index (χ4n) is 0.887. The molecule has 14 heavy (non-hydrogen) atoms. The van der Waals surface area contributed by atoms with Gasteiger partial charge in [0.05, 0.1) is 5.92 Å². The fourth-order valence-corrected chi connectivity index (χ4v) is 0.887. The van der Waals surface area contributed by atoms with Gasteiger partial charge in [-0.2, -0.15) is 0 Å². The van der Waals surface area contributed by atoms with Gasteiger partial charge in [-0.3, -0.25) is 4.79 Å². The van der Waals surface area contributed by atoms with Crippen molar-refractivity contribution in [2.24, 2.45) is 5.92 Å². The molecule has 1 unspecified atom stereocenters. The summed E-state index contributed by atoms with van der Waals surface area (Å²) in [6, 6.07) is 0. The lowest BCUT2D eigenvalue weighted by Gasteiger charge is -2.20. The highest BCUT2D eigenvalue weighted by atomic mass is 16.5. The van der Waals surface area contributed by atoms with Crippen molar-refractivity contribution < 1.29 is 9.53 Å². The number of carbonyl (C=O) groups is 1. The summed E-state index contributed by atoms with van der Waals surface area (Å²) in [7, 11) is 0. The Morgan fingerprint density at radius 3 is 2.43 bits per heavy atom. The number of carbonyl (C=O) groups excluding carboxylic acids is 1. The van der Waals surface area contributed by atoms with Crippen LogP contribution in [0.1, 0.15) is 41.0 Å². The van der Waals surface area contributed by atoms with Gasteiger partial charge in [-0.05, 0) is 27.2 Å². The topological polar surface area (TPSA) is 38.3 Å². The number of nitrogens with one attached hydrogen (secondary N) is 1. The molecule has 0 saturated carbocycles. The minimum Gasteiger partial charge on any atom is -0.464 e. The van der Waals surface area contributed by atoms with Crippen LogP contribution < -0.4 is 5.32 Å². The van der Waals surface area contributed by atoms with Crippen molar-refractivity contribution in [2.45, 2.75) is 46.6 Å². The summed E-state index contributed by atoms with van der Waals surface area (Å²) in [5.41, 5.74) is 0.0861. The maximum atomic E-state index is 11.2. The molecule has 0 aromatic carbocycles. The first kappa shape index (κ1) is 13.4. The Labute approximate surface area is 87.2 Å². The predicted octanol–water partition coefficient (Wildman–Crippen LogP) is 1.96. The van der Waals surface area contributed by atoms with Gasteiger partial charge in [0, 0.05) is 12.1 Å². The standard InChI is InChI=1S/C11H23NO2/c1-6-9(2)10(13)14-8-7-12-11(3,4)5/h9,12H,6-8H2,1-5H3. The Hall–Kier alpha value is -0.570. The van der Waals surface area contributed by atoms with Gasteiger partial charge < -0.3 is 10.1 Å². The van der Waals surface area contributed by atoms with Crippen LogP contribution >= 0.6 is 0 Å². The Morgan fingerprint density at radius 1 is 1.43 bits per heavy atom. The molecule has 0 aliphatic carbocycles. The van der Waals surface area contributed by atoms with E-state index in [1.807, 2.05) is 13.8 Å². The van der Waals surface area contributed by atoms with E-state index in [-0.39, 0.29) is 17.4 Å². The van der Waals surface area contributed by atoms with Gasteiger partial charge >= 0.3 is 5.97 Å². The largest absolute Gasteiger partial charge is 0.464 e. The van der Waals surface area contributed by atoms with Gasteiger partial charge in [-0.15, -0.1) is 0 Å². The quantitative estimate of drug-likeness (QED) is 0.546. The van der Waals surface area contributed by atoms with E-state index in [0.717, 1.165) is 6.42 Å². The molecule has 0 aromatic heterocycles. The van der Waals surface area contributed by atoms with E-state index in [4.69, 9.17) is 4.74 Å². The number of hydrogen-bond acceptors (Lipinski definition) is 3. The molecule has 0 bridgehead atoms. The van der Waals surface area contributed by atoms with Crippen molar-refractivity contribution >= 4 is 5.97 Å². The molecule has 1 atom stereocenters. The highest BCUT2D eigenvalue weighted by Gasteiger charge is 2.12. The molecule has 0 aliphatic heterocycles. The Bertz CT molecular complexity index is 173. The van der Waals surface area contributed by atoms with Gasteiger partial charge in [-0.1, -0.05) is 13.8 Å². The summed E-state index contributed by atoms with van der Waals surface area (Å²) in [5, 5.41) is 3.26. The van der Waals surface area contributed by atoms with Gasteiger partial charge in [0.25, 0.3) is 0 Å². The molecular formula is C11H23NO2. The third-order valence-electron chi connectivity index (χ3n) is 2.02. The lowest BCUT2D eigenvalue weighted by Crippen LogP contribution is -2.38. The van der Waals surface area contributed by atoms with E-state index in [1.54, 1.807) is 0 Å². The lowest BCUT2D eigenvalue weighted by molar-refractivity contribution is -0.147. The van der Waals surface area contributed by atoms with E-state index in [1.165, 1.54) is 0 Å². The molecule has 0 saturated heterocycles. The maximum Gasteiger partial charge on any atom is 0.308 e. The minimum absolute atomic E-state index is 0.0182. The highest BCUT2D eigenvalue weighted by Crippen LogP contribution is 2.03.